The monoisotopic (exact) mass is 287 g/mol. The number of H-pyrrole nitrogens is 1. The van der Waals surface area contributed by atoms with E-state index in [1.54, 1.807) is 6.33 Å². The first-order valence-electron chi connectivity index (χ1n) is 6.46. The van der Waals surface area contributed by atoms with Gasteiger partial charge in [0.05, 0.1) is 12.4 Å². The maximum absolute atomic E-state index is 5.94. The second kappa shape index (κ2) is 5.46. The van der Waals surface area contributed by atoms with Gasteiger partial charge < -0.3 is 10.3 Å². The average molecular weight is 288 g/mol. The SMILES string of the molecule is CCC(Nc1nc(Cl)nc2nc[nH]c12)c1ccccc1. The number of nitrogens with zero attached hydrogens (tertiary/aromatic N) is 3. The third kappa shape index (κ3) is 2.44. The lowest BCUT2D eigenvalue weighted by Gasteiger charge is -2.18. The van der Waals surface area contributed by atoms with E-state index < -0.39 is 0 Å². The molecule has 3 rings (SSSR count). The summed E-state index contributed by atoms with van der Waals surface area (Å²) in [5.74, 6) is 0.674. The van der Waals surface area contributed by atoms with Crippen LogP contribution in [0, 0.1) is 0 Å². The van der Waals surface area contributed by atoms with Crippen molar-refractivity contribution >= 4 is 28.6 Å². The summed E-state index contributed by atoms with van der Waals surface area (Å²) in [5, 5.41) is 3.60. The number of fused-ring (bicyclic) bond motifs is 1. The van der Waals surface area contributed by atoms with Gasteiger partial charge in [-0.1, -0.05) is 37.3 Å². The van der Waals surface area contributed by atoms with E-state index in [9.17, 15) is 0 Å². The fourth-order valence-electron chi connectivity index (χ4n) is 2.18. The first-order valence-corrected chi connectivity index (χ1v) is 6.84. The van der Waals surface area contributed by atoms with Crippen molar-refractivity contribution in [2.75, 3.05) is 5.32 Å². The van der Waals surface area contributed by atoms with Crippen LogP contribution in [0.1, 0.15) is 24.9 Å². The largest absolute Gasteiger partial charge is 0.361 e. The molecule has 20 heavy (non-hydrogen) atoms. The second-order valence-electron chi connectivity index (χ2n) is 4.46. The Morgan fingerprint density at radius 3 is 2.80 bits per heavy atom. The van der Waals surface area contributed by atoms with Gasteiger partial charge >= 0.3 is 0 Å². The Kier molecular flexibility index (Phi) is 3.52. The van der Waals surface area contributed by atoms with E-state index in [1.807, 2.05) is 18.2 Å². The van der Waals surface area contributed by atoms with Crippen LogP contribution in [0.5, 0.6) is 0 Å². The molecule has 0 fully saturated rings. The summed E-state index contributed by atoms with van der Waals surface area (Å²) in [6.45, 7) is 2.12. The van der Waals surface area contributed by atoms with Gasteiger partial charge in [-0.2, -0.15) is 9.97 Å². The molecule has 0 radical (unpaired) electrons. The van der Waals surface area contributed by atoms with Crippen molar-refractivity contribution in [3.05, 3.63) is 47.5 Å². The molecule has 5 nitrogen and oxygen atoms in total. The smallest absolute Gasteiger partial charge is 0.226 e. The summed E-state index contributed by atoms with van der Waals surface area (Å²) in [7, 11) is 0. The van der Waals surface area contributed by atoms with Gasteiger partial charge in [0, 0.05) is 0 Å². The zero-order chi connectivity index (χ0) is 13.9. The molecule has 0 aliphatic carbocycles. The average Bonchev–Trinajstić information content (AvgIpc) is 2.93. The van der Waals surface area contributed by atoms with Gasteiger partial charge in [0.15, 0.2) is 11.5 Å². The Labute approximate surface area is 121 Å². The highest BCUT2D eigenvalue weighted by molar-refractivity contribution is 6.28. The second-order valence-corrected chi connectivity index (χ2v) is 4.80. The Balaban J connectivity index is 1.97. The van der Waals surface area contributed by atoms with Gasteiger partial charge in [0.2, 0.25) is 5.28 Å². The highest BCUT2D eigenvalue weighted by Crippen LogP contribution is 2.25. The molecule has 2 N–H and O–H groups in total. The van der Waals surface area contributed by atoms with Crippen molar-refractivity contribution in [2.24, 2.45) is 0 Å². The molecule has 0 bridgehead atoms. The molecule has 2 aromatic heterocycles. The Morgan fingerprint density at radius 2 is 2.05 bits per heavy atom. The van der Waals surface area contributed by atoms with Gasteiger partial charge in [0.1, 0.15) is 5.52 Å². The number of hydrogen-bond donors (Lipinski definition) is 2. The van der Waals surface area contributed by atoms with Gasteiger partial charge in [-0.3, -0.25) is 0 Å². The van der Waals surface area contributed by atoms with Crippen LogP contribution in [0.25, 0.3) is 11.2 Å². The molecule has 0 amide bonds. The third-order valence-corrected chi connectivity index (χ3v) is 3.35. The molecule has 0 spiro atoms. The molecular formula is C14H14ClN5. The number of imidazole rings is 1. The van der Waals surface area contributed by atoms with Crippen molar-refractivity contribution in [1.29, 1.82) is 0 Å². The van der Waals surface area contributed by atoms with Crippen LogP contribution in [0.4, 0.5) is 5.82 Å². The predicted octanol–water partition coefficient (Wildman–Crippen LogP) is 3.57. The number of benzene rings is 1. The Bertz CT molecular complexity index is 710. The Hall–Kier alpha value is -2.14. The van der Waals surface area contributed by atoms with Gasteiger partial charge in [0.25, 0.3) is 0 Å². The number of halogens is 1. The van der Waals surface area contributed by atoms with E-state index in [-0.39, 0.29) is 11.3 Å². The summed E-state index contributed by atoms with van der Waals surface area (Å²) in [6.07, 6.45) is 2.52. The van der Waals surface area contributed by atoms with Crippen LogP contribution in [-0.2, 0) is 0 Å². The van der Waals surface area contributed by atoms with Crippen molar-refractivity contribution in [3.63, 3.8) is 0 Å². The lowest BCUT2D eigenvalue weighted by Crippen LogP contribution is -2.11. The standard InChI is InChI=1S/C14H14ClN5/c1-2-10(9-6-4-3-5-7-9)18-13-11-12(17-8-16-11)19-14(15)20-13/h3-8,10H,2H2,1H3,(H2,16,17,18,19,20). The van der Waals surface area contributed by atoms with Gasteiger partial charge in [-0.25, -0.2) is 4.98 Å². The van der Waals surface area contributed by atoms with E-state index in [4.69, 9.17) is 11.6 Å². The third-order valence-electron chi connectivity index (χ3n) is 3.18. The minimum atomic E-state index is 0.161. The molecule has 0 saturated heterocycles. The van der Waals surface area contributed by atoms with Crippen LogP contribution in [0.3, 0.4) is 0 Å². The summed E-state index contributed by atoms with van der Waals surface area (Å²) >= 11 is 5.94. The highest BCUT2D eigenvalue weighted by Gasteiger charge is 2.14. The van der Waals surface area contributed by atoms with Crippen molar-refractivity contribution < 1.29 is 0 Å². The molecule has 2 heterocycles. The molecule has 6 heteroatoms. The molecule has 0 aliphatic rings. The number of rotatable bonds is 4. The summed E-state index contributed by atoms with van der Waals surface area (Å²) in [6, 6.07) is 10.4. The zero-order valence-corrected chi connectivity index (χ0v) is 11.7. The molecule has 0 saturated carbocycles. The lowest BCUT2D eigenvalue weighted by molar-refractivity contribution is 0.745. The normalized spacial score (nSPS) is 12.5. The van der Waals surface area contributed by atoms with Crippen LogP contribution in [0.15, 0.2) is 36.7 Å². The van der Waals surface area contributed by atoms with E-state index >= 15 is 0 Å². The first-order chi connectivity index (χ1) is 9.78. The van der Waals surface area contributed by atoms with E-state index in [0.717, 1.165) is 11.9 Å². The highest BCUT2D eigenvalue weighted by atomic mass is 35.5. The van der Waals surface area contributed by atoms with Crippen molar-refractivity contribution in [2.45, 2.75) is 19.4 Å². The predicted molar refractivity (Wildman–Crippen MR) is 79.8 cm³/mol. The van der Waals surface area contributed by atoms with Gasteiger partial charge in [-0.15, -0.1) is 0 Å². The van der Waals surface area contributed by atoms with Crippen LogP contribution in [-0.4, -0.2) is 19.9 Å². The van der Waals surface area contributed by atoms with E-state index in [2.05, 4.69) is 44.3 Å². The zero-order valence-electron chi connectivity index (χ0n) is 11.0. The molecular weight excluding hydrogens is 274 g/mol. The maximum atomic E-state index is 5.94. The maximum Gasteiger partial charge on any atom is 0.226 e. The molecule has 0 aliphatic heterocycles. The molecule has 3 aromatic rings. The minimum absolute atomic E-state index is 0.161. The molecule has 1 unspecified atom stereocenters. The fraction of sp³-hybridized carbons (Fsp3) is 0.214. The number of aromatic nitrogens is 4. The summed E-state index contributed by atoms with van der Waals surface area (Å²) < 4.78 is 0. The van der Waals surface area contributed by atoms with Crippen LogP contribution < -0.4 is 5.32 Å². The molecule has 102 valence electrons. The number of aromatic amines is 1. The molecule has 1 atom stereocenters. The van der Waals surface area contributed by atoms with E-state index in [1.165, 1.54) is 5.56 Å². The summed E-state index contributed by atoms with van der Waals surface area (Å²) in [4.78, 5) is 15.5. The number of anilines is 1. The first kappa shape index (κ1) is 12.9. The topological polar surface area (TPSA) is 66.5 Å². The van der Waals surface area contributed by atoms with Gasteiger partial charge in [-0.05, 0) is 23.6 Å². The lowest BCUT2D eigenvalue weighted by atomic mass is 10.0. The van der Waals surface area contributed by atoms with Crippen LogP contribution in [0.2, 0.25) is 5.28 Å². The van der Waals surface area contributed by atoms with E-state index in [0.29, 0.717) is 11.5 Å². The Morgan fingerprint density at radius 1 is 1.25 bits per heavy atom. The number of nitrogens with one attached hydrogen (secondary N) is 2. The number of hydrogen-bond acceptors (Lipinski definition) is 4. The van der Waals surface area contributed by atoms with Crippen molar-refractivity contribution in [1.82, 2.24) is 19.9 Å². The summed E-state index contributed by atoms with van der Waals surface area (Å²) in [5.41, 5.74) is 2.54. The quantitative estimate of drug-likeness (QED) is 0.720. The fourth-order valence-corrected chi connectivity index (χ4v) is 2.35. The minimum Gasteiger partial charge on any atom is -0.361 e. The van der Waals surface area contributed by atoms with Crippen LogP contribution >= 0.6 is 11.6 Å². The molecule has 1 aromatic carbocycles. The van der Waals surface area contributed by atoms with Crippen molar-refractivity contribution in [3.8, 4) is 0 Å².